The summed E-state index contributed by atoms with van der Waals surface area (Å²) in [6.07, 6.45) is -2.57. The van der Waals surface area contributed by atoms with Crippen molar-refractivity contribution in [2.24, 2.45) is 0 Å². The van der Waals surface area contributed by atoms with Crippen LogP contribution in [0.5, 0.6) is 0 Å². The quantitative estimate of drug-likeness (QED) is 0.434. The van der Waals surface area contributed by atoms with E-state index in [0.717, 1.165) is 0 Å². The molecule has 0 aliphatic heterocycles. The molecule has 0 unspecified atom stereocenters. The number of hydrogen-bond donors (Lipinski definition) is 0. The Balaban J connectivity index is 3.50. The number of rotatable bonds is 3. The van der Waals surface area contributed by atoms with Gasteiger partial charge in [0.2, 0.25) is 0 Å². The lowest BCUT2D eigenvalue weighted by molar-refractivity contribution is 0.108. The third kappa shape index (κ3) is 3.81. The van der Waals surface area contributed by atoms with Gasteiger partial charge in [-0.15, -0.1) is 0 Å². The fraction of sp³-hybridized carbons (Fsp3) is 0.500. The van der Waals surface area contributed by atoms with Crippen LogP contribution in [0.3, 0.4) is 0 Å². The minimum Gasteiger partial charge on any atom is -0.464 e. The van der Waals surface area contributed by atoms with E-state index >= 15 is 0 Å². The van der Waals surface area contributed by atoms with E-state index in [4.69, 9.17) is 0 Å². The van der Waals surface area contributed by atoms with Crippen LogP contribution in [0.1, 0.15) is 0 Å². The molecule has 0 aromatic heterocycles. The Labute approximate surface area is 48.9 Å². The molecule has 0 spiro atoms. The lowest BCUT2D eigenvalue weighted by atomic mass is 10.8. The third-order valence-corrected chi connectivity index (χ3v) is 0.455. The molecular formula is C4H4F4O. The van der Waals surface area contributed by atoms with Crippen LogP contribution in [0.2, 0.25) is 0 Å². The highest BCUT2D eigenvalue weighted by Crippen LogP contribution is 2.09. The van der Waals surface area contributed by atoms with Gasteiger partial charge >= 0.3 is 12.1 Å². The summed E-state index contributed by atoms with van der Waals surface area (Å²) in [6, 6.07) is -2.01. The van der Waals surface area contributed by atoms with Crippen LogP contribution in [0.4, 0.5) is 17.6 Å². The molecule has 0 aromatic carbocycles. The third-order valence-electron chi connectivity index (χ3n) is 0.455. The molecule has 0 aliphatic rings. The van der Waals surface area contributed by atoms with Crippen LogP contribution in [0, 0.1) is 0 Å². The summed E-state index contributed by atoms with van der Waals surface area (Å²) >= 11 is 0. The molecule has 5 heteroatoms. The summed E-state index contributed by atoms with van der Waals surface area (Å²) in [4.78, 5) is 0. The highest BCUT2D eigenvalue weighted by molar-refractivity contribution is 4.80. The minimum atomic E-state index is -2.57. The first-order chi connectivity index (χ1) is 4.18. The second kappa shape index (κ2) is 4.17. The van der Waals surface area contributed by atoms with E-state index < -0.39 is 25.4 Å². The van der Waals surface area contributed by atoms with Gasteiger partial charge in [-0.2, -0.15) is 13.2 Å². The van der Waals surface area contributed by atoms with E-state index in [1.54, 1.807) is 0 Å². The predicted octanol–water partition coefficient (Wildman–Crippen LogP) is 2.01. The molecule has 0 saturated carbocycles. The Bertz CT molecular complexity index is 107. The maximum absolute atomic E-state index is 11.5. The van der Waals surface area contributed by atoms with Crippen molar-refractivity contribution in [1.29, 1.82) is 0 Å². The van der Waals surface area contributed by atoms with Gasteiger partial charge in [0, 0.05) is 0 Å². The van der Waals surface area contributed by atoms with Crippen LogP contribution in [0.25, 0.3) is 0 Å². The lowest BCUT2D eigenvalue weighted by Crippen LogP contribution is -1.92. The van der Waals surface area contributed by atoms with Crippen molar-refractivity contribution in [3.8, 4) is 0 Å². The molecule has 0 aromatic rings. The van der Waals surface area contributed by atoms with E-state index in [2.05, 4.69) is 4.74 Å². The van der Waals surface area contributed by atoms with Crippen LogP contribution < -0.4 is 0 Å². The van der Waals surface area contributed by atoms with E-state index in [-0.39, 0.29) is 0 Å². The van der Waals surface area contributed by atoms with Crippen molar-refractivity contribution in [1.82, 2.24) is 0 Å². The Morgan fingerprint density at radius 1 is 1.22 bits per heavy atom. The first-order valence-electron chi connectivity index (χ1n) is 2.08. The second-order valence-electron chi connectivity index (χ2n) is 1.07. The van der Waals surface area contributed by atoms with E-state index in [1.807, 2.05) is 0 Å². The Kier molecular flexibility index (Phi) is 3.83. The van der Waals surface area contributed by atoms with Gasteiger partial charge < -0.3 is 4.74 Å². The molecule has 0 amide bonds. The predicted molar refractivity (Wildman–Crippen MR) is 22.3 cm³/mol. The van der Waals surface area contributed by atoms with Gasteiger partial charge in [0.05, 0.1) is 0 Å². The minimum absolute atomic E-state index is 0.677. The first-order valence-corrected chi connectivity index (χ1v) is 2.08. The highest BCUT2D eigenvalue weighted by atomic mass is 19.3. The molecule has 9 heavy (non-hydrogen) atoms. The smallest absolute Gasteiger partial charge is 0.342 e. The molecule has 0 rings (SSSR count). The van der Waals surface area contributed by atoms with Crippen LogP contribution >= 0.6 is 0 Å². The van der Waals surface area contributed by atoms with E-state index in [9.17, 15) is 17.6 Å². The lowest BCUT2D eigenvalue weighted by Gasteiger charge is -1.95. The average Bonchev–Trinajstić information content (AvgIpc) is 1.82. The summed E-state index contributed by atoms with van der Waals surface area (Å²) in [5.41, 5.74) is 0. The second-order valence-corrected chi connectivity index (χ2v) is 1.07. The standard InChI is InChI=1S/C4H4F4O/c5-1-2-9-4(8)3(6)7/h1-2H2. The van der Waals surface area contributed by atoms with Crippen LogP contribution in [0.15, 0.2) is 12.1 Å². The topological polar surface area (TPSA) is 9.23 Å². The van der Waals surface area contributed by atoms with E-state index in [1.165, 1.54) is 0 Å². The van der Waals surface area contributed by atoms with E-state index in [0.29, 0.717) is 0 Å². The van der Waals surface area contributed by atoms with Gasteiger partial charge in [-0.05, 0) is 0 Å². The fourth-order valence-electron chi connectivity index (χ4n) is 0.183. The maximum Gasteiger partial charge on any atom is 0.342 e. The zero-order chi connectivity index (χ0) is 7.28. The molecule has 0 saturated heterocycles. The molecule has 54 valence electrons. The van der Waals surface area contributed by atoms with Crippen molar-refractivity contribution in [3.05, 3.63) is 12.1 Å². The van der Waals surface area contributed by atoms with Gasteiger partial charge in [-0.3, -0.25) is 0 Å². The van der Waals surface area contributed by atoms with Gasteiger partial charge in [0.15, 0.2) is 0 Å². The number of ether oxygens (including phenoxy) is 1. The molecule has 0 atom stereocenters. The molecule has 0 heterocycles. The van der Waals surface area contributed by atoms with Gasteiger partial charge in [-0.25, -0.2) is 4.39 Å². The maximum atomic E-state index is 11.5. The fourth-order valence-corrected chi connectivity index (χ4v) is 0.183. The van der Waals surface area contributed by atoms with Crippen molar-refractivity contribution in [3.63, 3.8) is 0 Å². The summed E-state index contributed by atoms with van der Waals surface area (Å²) in [6.45, 7) is -1.66. The Hall–Kier alpha value is -0.740. The zero-order valence-electron chi connectivity index (χ0n) is 4.33. The van der Waals surface area contributed by atoms with Gasteiger partial charge in [0.1, 0.15) is 13.3 Å². The SMILES string of the molecule is FCCOC(F)=C(F)F. The molecule has 1 nitrogen and oxygen atoms in total. The van der Waals surface area contributed by atoms with Crippen LogP contribution in [-0.2, 0) is 4.74 Å². The molecule has 0 radical (unpaired) electrons. The number of hydrogen-bond acceptors (Lipinski definition) is 1. The normalized spacial score (nSPS) is 8.89. The largest absolute Gasteiger partial charge is 0.464 e. The highest BCUT2D eigenvalue weighted by Gasteiger charge is 2.04. The van der Waals surface area contributed by atoms with Crippen molar-refractivity contribution >= 4 is 0 Å². The molecule has 0 bridgehead atoms. The molecule has 0 aliphatic carbocycles. The summed E-state index contributed by atoms with van der Waals surface area (Å²) in [5, 5.41) is 0. The van der Waals surface area contributed by atoms with Crippen molar-refractivity contribution in [2.75, 3.05) is 13.3 Å². The first kappa shape index (κ1) is 8.26. The molecule has 0 fully saturated rings. The van der Waals surface area contributed by atoms with Gasteiger partial charge in [-0.1, -0.05) is 0 Å². The molecular weight excluding hydrogens is 140 g/mol. The monoisotopic (exact) mass is 144 g/mol. The summed E-state index contributed by atoms with van der Waals surface area (Å²) in [5.74, 6) is 0. The summed E-state index contributed by atoms with van der Waals surface area (Å²) in [7, 11) is 0. The Morgan fingerprint density at radius 2 is 1.78 bits per heavy atom. The number of alkyl halides is 1. The van der Waals surface area contributed by atoms with Crippen LogP contribution in [-0.4, -0.2) is 13.3 Å². The molecule has 0 N–H and O–H groups in total. The summed E-state index contributed by atoms with van der Waals surface area (Å²) < 4.78 is 48.1. The van der Waals surface area contributed by atoms with Crippen molar-refractivity contribution < 1.29 is 22.3 Å². The zero-order valence-corrected chi connectivity index (χ0v) is 4.33. The number of halogens is 4. The average molecular weight is 144 g/mol. The van der Waals surface area contributed by atoms with Crippen molar-refractivity contribution in [2.45, 2.75) is 0 Å². The Morgan fingerprint density at radius 3 is 2.11 bits per heavy atom. The van der Waals surface area contributed by atoms with Gasteiger partial charge in [0.25, 0.3) is 0 Å².